The number of nitrogens with zero attached hydrogens (tertiary/aromatic N) is 1. The molecule has 1 aliphatic carbocycles. The number of hydrogen-bond donors (Lipinski definition) is 3. The fraction of sp³-hybridized carbons (Fsp3) is 0.400. The fourth-order valence-corrected chi connectivity index (χ4v) is 7.09. The molecular weight excluding hydrogens is 624 g/mol. The quantitative estimate of drug-likeness (QED) is 0.131. The molecule has 0 unspecified atom stereocenters. The van der Waals surface area contributed by atoms with E-state index >= 15 is 0 Å². The Morgan fingerprint density at radius 3 is 2.38 bits per heavy atom. The van der Waals surface area contributed by atoms with E-state index in [0.29, 0.717) is 5.02 Å². The number of nitrogens with two attached hydrogens (primary N) is 1. The highest BCUT2D eigenvalue weighted by molar-refractivity contribution is 7.99. The van der Waals surface area contributed by atoms with Crippen molar-refractivity contribution in [3.8, 4) is 0 Å². The van der Waals surface area contributed by atoms with Crippen LogP contribution in [-0.4, -0.2) is 32.5 Å². The molecule has 1 aliphatic rings. The lowest BCUT2D eigenvalue weighted by Crippen LogP contribution is -2.30. The number of benzene rings is 3. The van der Waals surface area contributed by atoms with Crippen LogP contribution in [0.1, 0.15) is 99.9 Å². The van der Waals surface area contributed by atoms with Crippen LogP contribution in [0, 0.1) is 5.41 Å². The van der Waals surface area contributed by atoms with E-state index in [1.807, 2.05) is 88.0 Å². The molecule has 47 heavy (non-hydrogen) atoms. The number of aryl methyl sites for hydroxylation is 1. The van der Waals surface area contributed by atoms with E-state index in [1.54, 1.807) is 0 Å². The smallest absolute Gasteiger partial charge is 0.303 e. The monoisotopic (exact) mass is 672 g/mol. The van der Waals surface area contributed by atoms with Crippen LogP contribution in [0.3, 0.4) is 0 Å². The van der Waals surface area contributed by atoms with Gasteiger partial charge in [0.15, 0.2) is 0 Å². The molecule has 250 valence electrons. The molecule has 0 saturated heterocycles. The molecule has 0 amide bonds. The van der Waals surface area contributed by atoms with Crippen LogP contribution < -0.4 is 5.73 Å². The Kier molecular flexibility index (Phi) is 12.3. The van der Waals surface area contributed by atoms with E-state index in [9.17, 15) is 15.0 Å². The van der Waals surface area contributed by atoms with Crippen molar-refractivity contribution in [1.29, 1.82) is 0 Å². The molecule has 4 N–H and O–H groups in total. The predicted octanol–water partition coefficient (Wildman–Crippen LogP) is 10.1. The van der Waals surface area contributed by atoms with Crippen molar-refractivity contribution >= 4 is 52.4 Å². The van der Waals surface area contributed by atoms with Crippen molar-refractivity contribution in [3.63, 3.8) is 0 Å². The van der Waals surface area contributed by atoms with Gasteiger partial charge in [0.25, 0.3) is 0 Å². The van der Waals surface area contributed by atoms with E-state index in [-0.39, 0.29) is 22.6 Å². The van der Waals surface area contributed by atoms with Crippen molar-refractivity contribution < 1.29 is 15.0 Å². The minimum absolute atomic E-state index is 0.0417. The third kappa shape index (κ3) is 11.5. The van der Waals surface area contributed by atoms with Crippen LogP contribution in [0.25, 0.3) is 23.1 Å². The van der Waals surface area contributed by atoms with Crippen LogP contribution in [0.5, 0.6) is 0 Å². The lowest BCUT2D eigenvalue weighted by molar-refractivity contribution is -0.138. The third-order valence-corrected chi connectivity index (χ3v) is 10.7. The Hall–Kier alpha value is -3.16. The summed E-state index contributed by atoms with van der Waals surface area (Å²) in [6.45, 7) is 9.78. The predicted molar refractivity (Wildman–Crippen MR) is 200 cm³/mol. The average molecular weight is 673 g/mol. The van der Waals surface area contributed by atoms with Gasteiger partial charge in [-0.3, -0.25) is 4.79 Å². The van der Waals surface area contributed by atoms with Crippen LogP contribution in [0.15, 0.2) is 78.9 Å². The maximum atomic E-state index is 11.5. The summed E-state index contributed by atoms with van der Waals surface area (Å²) < 4.78 is 0. The number of thioether (sulfide) groups is 1. The number of halogens is 1. The van der Waals surface area contributed by atoms with Gasteiger partial charge in [-0.05, 0) is 112 Å². The molecule has 0 spiro atoms. The lowest BCUT2D eigenvalue weighted by Gasteiger charge is -2.24. The molecule has 1 heterocycles. The number of carbonyl (C=O) groups is 1. The molecule has 3 aromatic carbocycles. The Bertz CT molecular complexity index is 1690. The van der Waals surface area contributed by atoms with Crippen LogP contribution in [-0.2, 0) is 16.8 Å². The number of pyridine rings is 1. The van der Waals surface area contributed by atoms with E-state index in [4.69, 9.17) is 22.3 Å². The van der Waals surface area contributed by atoms with E-state index in [0.717, 1.165) is 71.1 Å². The summed E-state index contributed by atoms with van der Waals surface area (Å²) in [6.07, 6.45) is 9.07. The second kappa shape index (κ2) is 15.8. The third-order valence-electron chi connectivity index (χ3n) is 8.74. The molecule has 1 fully saturated rings. The number of aromatic nitrogens is 1. The highest BCUT2D eigenvalue weighted by Crippen LogP contribution is 2.53. The zero-order chi connectivity index (χ0) is 34.2. The molecule has 0 radical (unpaired) electrons. The Balaban J connectivity index is 0.000000762. The Morgan fingerprint density at radius 1 is 1.02 bits per heavy atom. The maximum absolute atomic E-state index is 11.5. The molecule has 0 aliphatic heterocycles. The largest absolute Gasteiger partial charge is 0.481 e. The van der Waals surface area contributed by atoms with Gasteiger partial charge in [0.1, 0.15) is 0 Å². The van der Waals surface area contributed by atoms with Gasteiger partial charge in [-0.2, -0.15) is 11.8 Å². The highest BCUT2D eigenvalue weighted by Gasteiger charge is 2.44. The first-order valence-corrected chi connectivity index (χ1v) is 17.9. The number of carboxylic acids is 1. The van der Waals surface area contributed by atoms with Gasteiger partial charge in [-0.1, -0.05) is 85.3 Å². The molecule has 7 heteroatoms. The Labute approximate surface area is 289 Å². The summed E-state index contributed by atoms with van der Waals surface area (Å²) in [5.74, 6) is 0.122. The molecule has 5 rings (SSSR count). The van der Waals surface area contributed by atoms with E-state index < -0.39 is 11.6 Å². The first kappa shape index (κ1) is 36.7. The number of fused-ring (bicyclic) bond motifs is 1. The van der Waals surface area contributed by atoms with Gasteiger partial charge in [-0.25, -0.2) is 4.98 Å². The zero-order valence-electron chi connectivity index (χ0n) is 28.3. The number of aliphatic carboxylic acids is 1. The van der Waals surface area contributed by atoms with Crippen molar-refractivity contribution in [2.45, 2.75) is 89.5 Å². The van der Waals surface area contributed by atoms with Gasteiger partial charge in [0.2, 0.25) is 0 Å². The average Bonchev–Trinajstić information content (AvgIpc) is 3.78. The second-order valence-corrected chi connectivity index (χ2v) is 15.7. The normalized spacial score (nSPS) is 14.9. The SMILES string of the molecule is CC(C)(O)c1ccccc1CC[C@@H](SCC1(CC(=O)O)CC1)c1cccc(C=Cc2ccc3ccc(Cl)cc3n2)c1.CCC(C)(C)N. The summed E-state index contributed by atoms with van der Waals surface area (Å²) >= 11 is 8.04. The summed E-state index contributed by atoms with van der Waals surface area (Å²) in [4.78, 5) is 16.2. The van der Waals surface area contributed by atoms with Gasteiger partial charge in [0, 0.05) is 27.0 Å². The number of hydrogen-bond acceptors (Lipinski definition) is 5. The van der Waals surface area contributed by atoms with E-state index in [1.165, 1.54) is 5.56 Å². The molecule has 4 aromatic rings. The highest BCUT2D eigenvalue weighted by atomic mass is 35.5. The van der Waals surface area contributed by atoms with Crippen molar-refractivity contribution in [1.82, 2.24) is 4.98 Å². The molecule has 1 saturated carbocycles. The summed E-state index contributed by atoms with van der Waals surface area (Å²) in [6, 6.07) is 26.5. The fourth-order valence-electron chi connectivity index (χ4n) is 5.36. The van der Waals surface area contributed by atoms with Gasteiger partial charge >= 0.3 is 5.97 Å². The van der Waals surface area contributed by atoms with Crippen molar-refractivity contribution in [3.05, 3.63) is 112 Å². The van der Waals surface area contributed by atoms with Crippen LogP contribution in [0.4, 0.5) is 0 Å². The topological polar surface area (TPSA) is 96.4 Å². The van der Waals surface area contributed by atoms with Crippen LogP contribution >= 0.6 is 23.4 Å². The zero-order valence-corrected chi connectivity index (χ0v) is 29.9. The minimum atomic E-state index is -0.911. The Morgan fingerprint density at radius 2 is 1.72 bits per heavy atom. The van der Waals surface area contributed by atoms with Gasteiger partial charge < -0.3 is 15.9 Å². The molecular formula is C40H49ClN2O3S. The molecule has 5 nitrogen and oxygen atoms in total. The van der Waals surface area contributed by atoms with Crippen molar-refractivity contribution in [2.24, 2.45) is 11.1 Å². The minimum Gasteiger partial charge on any atom is -0.481 e. The molecule has 1 atom stereocenters. The van der Waals surface area contributed by atoms with Gasteiger partial charge in [0.05, 0.1) is 23.2 Å². The summed E-state index contributed by atoms with van der Waals surface area (Å²) in [5, 5.41) is 22.1. The maximum Gasteiger partial charge on any atom is 0.303 e. The van der Waals surface area contributed by atoms with Crippen molar-refractivity contribution in [2.75, 3.05) is 5.75 Å². The first-order valence-electron chi connectivity index (χ1n) is 16.4. The number of aliphatic hydroxyl groups is 1. The summed E-state index contributed by atoms with van der Waals surface area (Å²) in [7, 11) is 0. The number of rotatable bonds is 13. The lowest BCUT2D eigenvalue weighted by atomic mass is 9.90. The molecule has 1 aromatic heterocycles. The second-order valence-electron chi connectivity index (χ2n) is 14.0. The summed E-state index contributed by atoms with van der Waals surface area (Å²) in [5.41, 5.74) is 10.7. The van der Waals surface area contributed by atoms with Crippen LogP contribution in [0.2, 0.25) is 5.02 Å². The van der Waals surface area contributed by atoms with E-state index in [2.05, 4.69) is 49.4 Å². The first-order chi connectivity index (χ1) is 22.2. The standard InChI is InChI=1S/C35H36ClNO3S.C5H13N/c1-34(2,40)30-9-4-3-7-25(30)13-17-32(41-23-35(18-19-35)22-33(38)39)27-8-5-6-24(20-27)10-15-29-16-12-26-11-14-28(36)21-31(26)37-29;1-4-5(2,3)6/h3-12,14-16,20-21,32,40H,13,17-19,22-23H2,1-2H3,(H,38,39);4,6H2,1-3H3/t32-;/m1./s1. The molecule has 0 bridgehead atoms. The van der Waals surface area contributed by atoms with Gasteiger partial charge in [-0.15, -0.1) is 0 Å². The number of carboxylic acid groups (broad SMARTS) is 1.